The first-order valence-corrected chi connectivity index (χ1v) is 6.70. The maximum absolute atomic E-state index is 5.39. The van der Waals surface area contributed by atoms with Crippen molar-refractivity contribution < 1.29 is 4.74 Å². The zero-order valence-electron chi connectivity index (χ0n) is 11.2. The van der Waals surface area contributed by atoms with E-state index in [9.17, 15) is 0 Å². The molecule has 0 aromatic carbocycles. The molecular weight excluding hydrogens is 200 g/mol. The number of morpholine rings is 1. The first-order valence-electron chi connectivity index (χ1n) is 6.70. The molecule has 0 spiro atoms. The summed E-state index contributed by atoms with van der Waals surface area (Å²) in [6.45, 7) is 13.1. The van der Waals surface area contributed by atoms with Gasteiger partial charge in [-0.3, -0.25) is 4.90 Å². The van der Waals surface area contributed by atoms with Crippen LogP contribution in [0.3, 0.4) is 0 Å². The SMILES string of the molecule is CCCCCNCC(C)(C)N1CCOCC1. The summed E-state index contributed by atoms with van der Waals surface area (Å²) in [5.74, 6) is 0. The smallest absolute Gasteiger partial charge is 0.0594 e. The summed E-state index contributed by atoms with van der Waals surface area (Å²) >= 11 is 0. The first kappa shape index (κ1) is 13.9. The summed E-state index contributed by atoms with van der Waals surface area (Å²) in [7, 11) is 0. The fourth-order valence-corrected chi connectivity index (χ4v) is 2.17. The van der Waals surface area contributed by atoms with E-state index in [2.05, 4.69) is 31.0 Å². The van der Waals surface area contributed by atoms with E-state index in [0.717, 1.165) is 39.4 Å². The van der Waals surface area contributed by atoms with E-state index < -0.39 is 0 Å². The van der Waals surface area contributed by atoms with Gasteiger partial charge < -0.3 is 10.1 Å². The lowest BCUT2D eigenvalue weighted by Gasteiger charge is -2.41. The van der Waals surface area contributed by atoms with Crippen molar-refractivity contribution in [3.63, 3.8) is 0 Å². The number of rotatable bonds is 7. The third-order valence-electron chi connectivity index (χ3n) is 3.38. The highest BCUT2D eigenvalue weighted by molar-refractivity contribution is 4.85. The van der Waals surface area contributed by atoms with Crippen LogP contribution in [0, 0.1) is 0 Å². The standard InChI is InChI=1S/C13H28N2O/c1-4-5-6-7-14-12-13(2,3)15-8-10-16-11-9-15/h14H,4-12H2,1-3H3. The second-order valence-corrected chi connectivity index (χ2v) is 5.30. The molecule has 0 saturated carbocycles. The molecule has 0 aliphatic carbocycles. The Balaban J connectivity index is 2.16. The molecule has 3 heteroatoms. The molecule has 96 valence electrons. The highest BCUT2D eigenvalue weighted by atomic mass is 16.5. The number of hydrogen-bond donors (Lipinski definition) is 1. The summed E-state index contributed by atoms with van der Waals surface area (Å²) in [6.07, 6.45) is 3.94. The van der Waals surface area contributed by atoms with E-state index in [1.54, 1.807) is 0 Å². The molecule has 1 fully saturated rings. The minimum absolute atomic E-state index is 0.260. The van der Waals surface area contributed by atoms with Gasteiger partial charge in [-0.05, 0) is 26.8 Å². The van der Waals surface area contributed by atoms with Crippen LogP contribution in [0.2, 0.25) is 0 Å². The molecule has 0 aromatic rings. The van der Waals surface area contributed by atoms with Crippen molar-refractivity contribution >= 4 is 0 Å². The average Bonchev–Trinajstić information content (AvgIpc) is 2.30. The summed E-state index contributed by atoms with van der Waals surface area (Å²) in [5.41, 5.74) is 0.260. The molecule has 1 heterocycles. The van der Waals surface area contributed by atoms with E-state index in [1.165, 1.54) is 19.3 Å². The normalized spacial score (nSPS) is 18.9. The van der Waals surface area contributed by atoms with Crippen molar-refractivity contribution in [2.75, 3.05) is 39.4 Å². The predicted molar refractivity (Wildman–Crippen MR) is 68.9 cm³/mol. The van der Waals surface area contributed by atoms with Crippen molar-refractivity contribution in [2.45, 2.75) is 45.6 Å². The quantitative estimate of drug-likeness (QED) is 0.673. The molecule has 0 atom stereocenters. The Labute approximate surface area is 101 Å². The summed E-state index contributed by atoms with van der Waals surface area (Å²) < 4.78 is 5.39. The molecule has 16 heavy (non-hydrogen) atoms. The number of nitrogens with zero attached hydrogens (tertiary/aromatic N) is 1. The third-order valence-corrected chi connectivity index (χ3v) is 3.38. The second kappa shape index (κ2) is 7.25. The van der Waals surface area contributed by atoms with Crippen LogP contribution in [0.5, 0.6) is 0 Å². The zero-order chi connectivity index (χ0) is 11.9. The zero-order valence-corrected chi connectivity index (χ0v) is 11.2. The van der Waals surface area contributed by atoms with Gasteiger partial charge in [-0.2, -0.15) is 0 Å². The molecule has 0 radical (unpaired) electrons. The van der Waals surface area contributed by atoms with Gasteiger partial charge in [-0.15, -0.1) is 0 Å². The molecule has 0 unspecified atom stereocenters. The second-order valence-electron chi connectivity index (χ2n) is 5.30. The number of nitrogens with one attached hydrogen (secondary N) is 1. The van der Waals surface area contributed by atoms with Gasteiger partial charge in [0.25, 0.3) is 0 Å². The average molecular weight is 228 g/mol. The summed E-state index contributed by atoms with van der Waals surface area (Å²) in [5, 5.41) is 3.58. The van der Waals surface area contributed by atoms with E-state index >= 15 is 0 Å². The van der Waals surface area contributed by atoms with Crippen molar-refractivity contribution in [1.82, 2.24) is 10.2 Å². The van der Waals surface area contributed by atoms with Crippen molar-refractivity contribution in [3.8, 4) is 0 Å². The Morgan fingerprint density at radius 3 is 2.50 bits per heavy atom. The number of unbranched alkanes of at least 4 members (excludes halogenated alkanes) is 2. The topological polar surface area (TPSA) is 24.5 Å². The maximum atomic E-state index is 5.39. The Morgan fingerprint density at radius 1 is 1.19 bits per heavy atom. The molecular formula is C13H28N2O. The van der Waals surface area contributed by atoms with Crippen LogP contribution < -0.4 is 5.32 Å². The molecule has 1 aliphatic rings. The number of hydrogen-bond acceptors (Lipinski definition) is 3. The molecule has 1 rings (SSSR count). The monoisotopic (exact) mass is 228 g/mol. The largest absolute Gasteiger partial charge is 0.379 e. The van der Waals surface area contributed by atoms with E-state index in [1.807, 2.05) is 0 Å². The summed E-state index contributed by atoms with van der Waals surface area (Å²) in [4.78, 5) is 2.53. The van der Waals surface area contributed by atoms with Gasteiger partial charge in [0, 0.05) is 25.2 Å². The predicted octanol–water partition coefficient (Wildman–Crippen LogP) is 1.88. The Hall–Kier alpha value is -0.120. The van der Waals surface area contributed by atoms with Crippen LogP contribution in [0.25, 0.3) is 0 Å². The van der Waals surface area contributed by atoms with Crippen LogP contribution in [-0.4, -0.2) is 49.8 Å². The van der Waals surface area contributed by atoms with Gasteiger partial charge in [-0.1, -0.05) is 19.8 Å². The highest BCUT2D eigenvalue weighted by Gasteiger charge is 2.27. The summed E-state index contributed by atoms with van der Waals surface area (Å²) in [6, 6.07) is 0. The fraction of sp³-hybridized carbons (Fsp3) is 1.00. The van der Waals surface area contributed by atoms with E-state index in [4.69, 9.17) is 4.74 Å². The fourth-order valence-electron chi connectivity index (χ4n) is 2.17. The van der Waals surface area contributed by atoms with Crippen LogP contribution in [-0.2, 0) is 4.74 Å². The minimum Gasteiger partial charge on any atom is -0.379 e. The van der Waals surface area contributed by atoms with Crippen LogP contribution >= 0.6 is 0 Å². The van der Waals surface area contributed by atoms with Gasteiger partial charge in [0.15, 0.2) is 0 Å². The van der Waals surface area contributed by atoms with Gasteiger partial charge in [0.2, 0.25) is 0 Å². The van der Waals surface area contributed by atoms with Crippen molar-refractivity contribution in [2.24, 2.45) is 0 Å². The Kier molecular flexibility index (Phi) is 6.32. The van der Waals surface area contributed by atoms with E-state index in [-0.39, 0.29) is 5.54 Å². The third kappa shape index (κ3) is 4.81. The highest BCUT2D eigenvalue weighted by Crippen LogP contribution is 2.14. The molecule has 3 nitrogen and oxygen atoms in total. The lowest BCUT2D eigenvalue weighted by molar-refractivity contribution is -0.00953. The van der Waals surface area contributed by atoms with E-state index in [0.29, 0.717) is 0 Å². The van der Waals surface area contributed by atoms with Crippen LogP contribution in [0.4, 0.5) is 0 Å². The van der Waals surface area contributed by atoms with Crippen LogP contribution in [0.15, 0.2) is 0 Å². The Bertz CT molecular complexity index is 177. The van der Waals surface area contributed by atoms with Crippen molar-refractivity contribution in [1.29, 1.82) is 0 Å². The molecule has 0 aromatic heterocycles. The van der Waals surface area contributed by atoms with Gasteiger partial charge in [0.05, 0.1) is 13.2 Å². The van der Waals surface area contributed by atoms with Crippen molar-refractivity contribution in [3.05, 3.63) is 0 Å². The molecule has 1 aliphatic heterocycles. The van der Waals surface area contributed by atoms with Gasteiger partial charge >= 0.3 is 0 Å². The molecule has 1 N–H and O–H groups in total. The lowest BCUT2D eigenvalue weighted by atomic mass is 10.0. The minimum atomic E-state index is 0.260. The molecule has 0 bridgehead atoms. The molecule has 0 amide bonds. The first-order chi connectivity index (χ1) is 7.67. The maximum Gasteiger partial charge on any atom is 0.0594 e. The lowest BCUT2D eigenvalue weighted by Crippen LogP contribution is -2.54. The Morgan fingerprint density at radius 2 is 1.88 bits per heavy atom. The van der Waals surface area contributed by atoms with Crippen LogP contribution in [0.1, 0.15) is 40.0 Å². The molecule has 1 saturated heterocycles. The van der Waals surface area contributed by atoms with Gasteiger partial charge in [-0.25, -0.2) is 0 Å². The van der Waals surface area contributed by atoms with Gasteiger partial charge in [0.1, 0.15) is 0 Å². The number of ether oxygens (including phenoxy) is 1.